The number of anilines is 2. The van der Waals surface area contributed by atoms with E-state index in [0.717, 1.165) is 22.3 Å². The number of hydrogen-bond acceptors (Lipinski definition) is 4. The second-order valence-corrected chi connectivity index (χ2v) is 4.24. The fraction of sp³-hybridized carbons (Fsp3) is 0.308. The number of hydrogen-bond donors (Lipinski definition) is 2. The molecule has 4 heteroatoms. The lowest BCUT2D eigenvalue weighted by atomic mass is 10.1. The van der Waals surface area contributed by atoms with Crippen LogP contribution >= 0.6 is 0 Å². The van der Waals surface area contributed by atoms with Crippen molar-refractivity contribution in [2.45, 2.75) is 19.9 Å². The zero-order valence-electron chi connectivity index (χ0n) is 10.3. The highest BCUT2D eigenvalue weighted by atomic mass is 16.5. The Bertz CT molecular complexity index is 537. The van der Waals surface area contributed by atoms with Gasteiger partial charge in [0.1, 0.15) is 11.6 Å². The maximum atomic E-state index is 6.02. The van der Waals surface area contributed by atoms with Crippen LogP contribution in [-0.2, 0) is 0 Å². The van der Waals surface area contributed by atoms with Gasteiger partial charge in [0.25, 0.3) is 0 Å². The van der Waals surface area contributed by atoms with Crippen molar-refractivity contribution in [2.24, 2.45) is 0 Å². The Kier molecular flexibility index (Phi) is 3.04. The van der Waals surface area contributed by atoms with Gasteiger partial charge in [-0.25, -0.2) is 4.98 Å². The molecule has 2 aromatic rings. The van der Waals surface area contributed by atoms with Gasteiger partial charge in [0.15, 0.2) is 0 Å². The highest BCUT2D eigenvalue weighted by molar-refractivity contribution is 6.03. The molecular formula is C13H17N3O. The monoisotopic (exact) mass is 231 g/mol. The summed E-state index contributed by atoms with van der Waals surface area (Å²) in [5, 5.41) is 5.19. The van der Waals surface area contributed by atoms with Crippen molar-refractivity contribution in [3.63, 3.8) is 0 Å². The Morgan fingerprint density at radius 3 is 2.71 bits per heavy atom. The van der Waals surface area contributed by atoms with Gasteiger partial charge in [0.2, 0.25) is 0 Å². The van der Waals surface area contributed by atoms with Crippen LogP contribution in [0.4, 0.5) is 11.5 Å². The van der Waals surface area contributed by atoms with E-state index >= 15 is 0 Å². The summed E-state index contributed by atoms with van der Waals surface area (Å²) in [6.07, 6.45) is 1.76. The van der Waals surface area contributed by atoms with Gasteiger partial charge < -0.3 is 15.8 Å². The van der Waals surface area contributed by atoms with E-state index in [0.29, 0.717) is 11.7 Å². The van der Waals surface area contributed by atoms with Crippen molar-refractivity contribution < 1.29 is 4.74 Å². The summed E-state index contributed by atoms with van der Waals surface area (Å²) in [5.74, 6) is 1.61. The van der Waals surface area contributed by atoms with Crippen molar-refractivity contribution in [1.29, 1.82) is 0 Å². The molecule has 0 aliphatic heterocycles. The smallest absolute Gasteiger partial charge is 0.136 e. The molecular weight excluding hydrogens is 214 g/mol. The summed E-state index contributed by atoms with van der Waals surface area (Å²) in [6, 6.07) is 5.93. The molecule has 0 spiro atoms. The molecule has 0 bridgehead atoms. The van der Waals surface area contributed by atoms with Gasteiger partial charge in [0, 0.05) is 23.3 Å². The number of ether oxygens (including phenoxy) is 1. The number of nitrogen functional groups attached to an aromatic ring is 1. The lowest BCUT2D eigenvalue weighted by molar-refractivity contribution is 0.420. The summed E-state index contributed by atoms with van der Waals surface area (Å²) in [6.45, 7) is 4.13. The molecule has 3 N–H and O–H groups in total. The quantitative estimate of drug-likeness (QED) is 0.797. The molecule has 0 radical (unpaired) electrons. The summed E-state index contributed by atoms with van der Waals surface area (Å²) in [7, 11) is 1.65. The van der Waals surface area contributed by atoms with Crippen LogP contribution in [0.25, 0.3) is 10.8 Å². The fourth-order valence-corrected chi connectivity index (χ4v) is 1.86. The SMILES string of the molecule is COc1ccc(N)c2c(NC(C)C)nccc12. The minimum absolute atomic E-state index is 0.304. The van der Waals surface area contributed by atoms with Gasteiger partial charge in [-0.1, -0.05) is 0 Å². The number of nitrogens with zero attached hydrogens (tertiary/aromatic N) is 1. The summed E-state index contributed by atoms with van der Waals surface area (Å²) in [5.41, 5.74) is 6.73. The molecule has 17 heavy (non-hydrogen) atoms. The lowest BCUT2D eigenvalue weighted by Crippen LogP contribution is -2.11. The van der Waals surface area contributed by atoms with Gasteiger partial charge in [0.05, 0.1) is 12.5 Å². The van der Waals surface area contributed by atoms with Gasteiger partial charge in [-0.3, -0.25) is 0 Å². The van der Waals surface area contributed by atoms with E-state index < -0.39 is 0 Å². The predicted molar refractivity (Wildman–Crippen MR) is 71.5 cm³/mol. The highest BCUT2D eigenvalue weighted by Crippen LogP contribution is 2.33. The minimum atomic E-state index is 0.304. The van der Waals surface area contributed by atoms with Crippen molar-refractivity contribution in [2.75, 3.05) is 18.2 Å². The number of aromatic nitrogens is 1. The molecule has 0 aliphatic carbocycles. The number of methoxy groups -OCH3 is 1. The number of rotatable bonds is 3. The zero-order valence-corrected chi connectivity index (χ0v) is 10.3. The molecule has 0 fully saturated rings. The second kappa shape index (κ2) is 4.49. The maximum absolute atomic E-state index is 6.02. The molecule has 0 amide bonds. The molecule has 0 aliphatic rings. The standard InChI is InChI=1S/C13H17N3O/c1-8(2)16-13-12-9(6-7-15-13)11(17-3)5-4-10(12)14/h4-8H,14H2,1-3H3,(H,15,16). The molecule has 0 atom stereocenters. The Morgan fingerprint density at radius 2 is 2.06 bits per heavy atom. The van der Waals surface area contributed by atoms with E-state index in [1.165, 1.54) is 0 Å². The summed E-state index contributed by atoms with van der Waals surface area (Å²) >= 11 is 0. The molecule has 0 unspecified atom stereocenters. The summed E-state index contributed by atoms with van der Waals surface area (Å²) in [4.78, 5) is 4.34. The third kappa shape index (κ3) is 2.11. The first-order valence-corrected chi connectivity index (χ1v) is 5.61. The number of fused-ring (bicyclic) bond motifs is 1. The van der Waals surface area contributed by atoms with Gasteiger partial charge >= 0.3 is 0 Å². The Morgan fingerprint density at radius 1 is 1.29 bits per heavy atom. The molecule has 1 aromatic heterocycles. The third-order valence-corrected chi connectivity index (χ3v) is 2.56. The summed E-state index contributed by atoms with van der Waals surface area (Å²) < 4.78 is 5.33. The molecule has 2 rings (SSSR count). The van der Waals surface area contributed by atoms with Crippen LogP contribution in [0, 0.1) is 0 Å². The fourth-order valence-electron chi connectivity index (χ4n) is 1.86. The zero-order chi connectivity index (χ0) is 12.4. The van der Waals surface area contributed by atoms with Crippen molar-refractivity contribution >= 4 is 22.3 Å². The van der Waals surface area contributed by atoms with Gasteiger partial charge in [-0.15, -0.1) is 0 Å². The van der Waals surface area contributed by atoms with Crippen molar-refractivity contribution in [3.8, 4) is 5.75 Å². The maximum Gasteiger partial charge on any atom is 0.136 e. The third-order valence-electron chi connectivity index (χ3n) is 2.56. The lowest BCUT2D eigenvalue weighted by Gasteiger charge is -2.14. The van der Waals surface area contributed by atoms with E-state index in [9.17, 15) is 0 Å². The Labute approximate surface area is 101 Å². The largest absolute Gasteiger partial charge is 0.496 e. The van der Waals surface area contributed by atoms with Crippen LogP contribution in [0.5, 0.6) is 5.75 Å². The van der Waals surface area contributed by atoms with Crippen LogP contribution in [0.2, 0.25) is 0 Å². The molecule has 0 saturated carbocycles. The van der Waals surface area contributed by atoms with E-state index in [1.54, 1.807) is 13.3 Å². The molecule has 90 valence electrons. The van der Waals surface area contributed by atoms with E-state index in [-0.39, 0.29) is 0 Å². The first-order chi connectivity index (χ1) is 8.13. The van der Waals surface area contributed by atoms with Gasteiger partial charge in [-0.05, 0) is 32.0 Å². The van der Waals surface area contributed by atoms with E-state index in [1.807, 2.05) is 18.2 Å². The number of nitrogens with two attached hydrogens (primary N) is 1. The second-order valence-electron chi connectivity index (χ2n) is 4.24. The van der Waals surface area contributed by atoms with Crippen molar-refractivity contribution in [1.82, 2.24) is 4.98 Å². The first kappa shape index (κ1) is 11.5. The molecule has 1 aromatic carbocycles. The number of benzene rings is 1. The van der Waals surface area contributed by atoms with Crippen LogP contribution in [0.3, 0.4) is 0 Å². The number of nitrogens with one attached hydrogen (secondary N) is 1. The highest BCUT2D eigenvalue weighted by Gasteiger charge is 2.10. The van der Waals surface area contributed by atoms with Crippen LogP contribution in [0.1, 0.15) is 13.8 Å². The Hall–Kier alpha value is -1.97. The predicted octanol–water partition coefficient (Wildman–Crippen LogP) is 2.65. The molecule has 0 saturated heterocycles. The van der Waals surface area contributed by atoms with Crippen LogP contribution in [-0.4, -0.2) is 18.1 Å². The van der Waals surface area contributed by atoms with Crippen LogP contribution < -0.4 is 15.8 Å². The van der Waals surface area contributed by atoms with E-state index in [4.69, 9.17) is 10.5 Å². The first-order valence-electron chi connectivity index (χ1n) is 5.61. The van der Waals surface area contributed by atoms with Crippen LogP contribution in [0.15, 0.2) is 24.4 Å². The Balaban J connectivity index is 2.70. The van der Waals surface area contributed by atoms with E-state index in [2.05, 4.69) is 24.1 Å². The van der Waals surface area contributed by atoms with Gasteiger partial charge in [-0.2, -0.15) is 0 Å². The number of pyridine rings is 1. The molecule has 1 heterocycles. The minimum Gasteiger partial charge on any atom is -0.496 e. The van der Waals surface area contributed by atoms with Crippen molar-refractivity contribution in [3.05, 3.63) is 24.4 Å². The average molecular weight is 231 g/mol. The molecule has 4 nitrogen and oxygen atoms in total. The average Bonchev–Trinajstić information content (AvgIpc) is 2.29. The topological polar surface area (TPSA) is 60.2 Å². The normalized spacial score (nSPS) is 10.8.